The molecule has 27 heavy (non-hydrogen) atoms. The molecule has 0 bridgehead atoms. The van der Waals surface area contributed by atoms with E-state index in [1.807, 2.05) is 24.5 Å². The topological polar surface area (TPSA) is 71.4 Å². The Kier molecular flexibility index (Phi) is 4.18. The van der Waals surface area contributed by atoms with Crippen LogP contribution in [0.25, 0.3) is 10.8 Å². The Labute approximate surface area is 157 Å². The van der Waals surface area contributed by atoms with Crippen molar-refractivity contribution in [2.45, 2.75) is 13.0 Å². The fraction of sp³-hybridized carbons (Fsp3) is 0.286. The zero-order chi connectivity index (χ0) is 18.1. The van der Waals surface area contributed by atoms with Crippen molar-refractivity contribution < 1.29 is 4.74 Å². The molecule has 0 saturated carbocycles. The van der Waals surface area contributed by atoms with E-state index >= 15 is 0 Å². The molecule has 3 aromatic rings. The van der Waals surface area contributed by atoms with Gasteiger partial charge in [0, 0.05) is 48.1 Å². The average Bonchev–Trinajstić information content (AvgIpc) is 3.36. The van der Waals surface area contributed by atoms with Crippen LogP contribution in [0.1, 0.15) is 17.7 Å². The molecule has 0 radical (unpaired) electrons. The summed E-state index contributed by atoms with van der Waals surface area (Å²) >= 11 is 0. The van der Waals surface area contributed by atoms with Crippen LogP contribution >= 0.6 is 0 Å². The first-order valence-corrected chi connectivity index (χ1v) is 9.33. The lowest BCUT2D eigenvalue weighted by Gasteiger charge is -2.13. The van der Waals surface area contributed by atoms with Gasteiger partial charge in [0.1, 0.15) is 11.7 Å². The van der Waals surface area contributed by atoms with E-state index in [4.69, 9.17) is 4.74 Å². The molecule has 0 aliphatic carbocycles. The number of aliphatic imine (C=N–C) groups is 1. The van der Waals surface area contributed by atoms with Crippen LogP contribution in [0.4, 0.5) is 11.5 Å². The summed E-state index contributed by atoms with van der Waals surface area (Å²) in [6.45, 7) is 3.23. The SMILES string of the molecule is c1cnc2c(c1)C(Nc1ccc3c(NCC4CCOC4)nccc3c1)=NC2. The zero-order valence-electron chi connectivity index (χ0n) is 15.0. The van der Waals surface area contributed by atoms with Crippen molar-refractivity contribution >= 4 is 28.1 Å². The van der Waals surface area contributed by atoms with Gasteiger partial charge >= 0.3 is 0 Å². The Morgan fingerprint density at radius 1 is 1.11 bits per heavy atom. The third kappa shape index (κ3) is 3.24. The van der Waals surface area contributed by atoms with Gasteiger partial charge in [0.05, 0.1) is 18.8 Å². The number of benzene rings is 1. The number of amidine groups is 1. The minimum absolute atomic E-state index is 0.567. The molecule has 2 N–H and O–H groups in total. The maximum atomic E-state index is 5.45. The van der Waals surface area contributed by atoms with Gasteiger partial charge in [0.15, 0.2) is 0 Å². The van der Waals surface area contributed by atoms with E-state index in [2.05, 4.69) is 49.9 Å². The van der Waals surface area contributed by atoms with Crippen LogP contribution in [0.3, 0.4) is 0 Å². The Hall–Kier alpha value is -2.99. The van der Waals surface area contributed by atoms with Crippen molar-refractivity contribution in [3.05, 3.63) is 60.0 Å². The van der Waals surface area contributed by atoms with Crippen molar-refractivity contribution in [2.24, 2.45) is 10.9 Å². The molecule has 6 heteroatoms. The van der Waals surface area contributed by atoms with Gasteiger partial charge in [-0.05, 0) is 48.2 Å². The number of hydrogen-bond acceptors (Lipinski definition) is 6. The maximum Gasteiger partial charge on any atom is 0.135 e. The van der Waals surface area contributed by atoms with Gasteiger partial charge < -0.3 is 15.4 Å². The molecular weight excluding hydrogens is 338 g/mol. The molecule has 0 amide bonds. The van der Waals surface area contributed by atoms with Crippen LogP contribution in [-0.2, 0) is 11.3 Å². The van der Waals surface area contributed by atoms with Gasteiger partial charge in [-0.15, -0.1) is 0 Å². The Bertz CT molecular complexity index is 1010. The van der Waals surface area contributed by atoms with Crippen molar-refractivity contribution in [1.82, 2.24) is 9.97 Å². The number of ether oxygens (including phenoxy) is 1. The summed E-state index contributed by atoms with van der Waals surface area (Å²) in [5, 5.41) is 9.20. The molecule has 4 heterocycles. The van der Waals surface area contributed by atoms with Crippen LogP contribution in [0.15, 0.2) is 53.8 Å². The molecular formula is C21H21N5O. The monoisotopic (exact) mass is 359 g/mol. The first-order chi connectivity index (χ1) is 13.4. The highest BCUT2D eigenvalue weighted by molar-refractivity contribution is 6.11. The van der Waals surface area contributed by atoms with Crippen LogP contribution in [0, 0.1) is 5.92 Å². The molecule has 1 fully saturated rings. The van der Waals surface area contributed by atoms with Crippen molar-refractivity contribution in [3.63, 3.8) is 0 Å². The fourth-order valence-electron chi connectivity index (χ4n) is 3.64. The van der Waals surface area contributed by atoms with Gasteiger partial charge in [-0.1, -0.05) is 0 Å². The first kappa shape index (κ1) is 16.2. The zero-order valence-corrected chi connectivity index (χ0v) is 15.0. The van der Waals surface area contributed by atoms with Gasteiger partial charge in [-0.2, -0.15) is 0 Å². The quantitative estimate of drug-likeness (QED) is 0.747. The van der Waals surface area contributed by atoms with Gasteiger partial charge in [0.2, 0.25) is 0 Å². The van der Waals surface area contributed by atoms with Crippen molar-refractivity contribution in [2.75, 3.05) is 30.4 Å². The van der Waals surface area contributed by atoms with E-state index in [0.717, 1.165) is 65.6 Å². The molecule has 1 aromatic carbocycles. The van der Waals surface area contributed by atoms with E-state index in [9.17, 15) is 0 Å². The summed E-state index contributed by atoms with van der Waals surface area (Å²) in [7, 11) is 0. The highest BCUT2D eigenvalue weighted by atomic mass is 16.5. The number of rotatable bonds is 4. The highest BCUT2D eigenvalue weighted by Crippen LogP contribution is 2.26. The molecule has 1 unspecified atom stereocenters. The Morgan fingerprint density at radius 2 is 2.11 bits per heavy atom. The predicted molar refractivity (Wildman–Crippen MR) is 107 cm³/mol. The lowest BCUT2D eigenvalue weighted by molar-refractivity contribution is 0.187. The predicted octanol–water partition coefficient (Wildman–Crippen LogP) is 3.45. The minimum Gasteiger partial charge on any atom is -0.381 e. The largest absolute Gasteiger partial charge is 0.381 e. The molecule has 2 aliphatic rings. The summed E-state index contributed by atoms with van der Waals surface area (Å²) in [6.07, 6.45) is 4.78. The maximum absolute atomic E-state index is 5.45. The van der Waals surface area contributed by atoms with Crippen molar-refractivity contribution in [1.29, 1.82) is 0 Å². The highest BCUT2D eigenvalue weighted by Gasteiger charge is 2.17. The lowest BCUT2D eigenvalue weighted by atomic mass is 10.1. The minimum atomic E-state index is 0.567. The number of aromatic nitrogens is 2. The summed E-state index contributed by atoms with van der Waals surface area (Å²) < 4.78 is 5.45. The molecule has 2 aromatic heterocycles. The third-order valence-corrected chi connectivity index (χ3v) is 5.14. The average molecular weight is 359 g/mol. The summed E-state index contributed by atoms with van der Waals surface area (Å²) in [6, 6.07) is 12.4. The van der Waals surface area contributed by atoms with Crippen LogP contribution < -0.4 is 10.6 Å². The second kappa shape index (κ2) is 6.96. The molecule has 0 spiro atoms. The van der Waals surface area contributed by atoms with Crippen molar-refractivity contribution in [3.8, 4) is 0 Å². The van der Waals surface area contributed by atoms with E-state index in [1.54, 1.807) is 0 Å². The molecule has 1 saturated heterocycles. The van der Waals surface area contributed by atoms with Crippen LogP contribution in [0.5, 0.6) is 0 Å². The summed E-state index contributed by atoms with van der Waals surface area (Å²) in [4.78, 5) is 13.5. The van der Waals surface area contributed by atoms with Crippen LogP contribution in [-0.4, -0.2) is 35.6 Å². The second-order valence-corrected chi connectivity index (χ2v) is 6.99. The van der Waals surface area contributed by atoms with E-state index in [1.165, 1.54) is 0 Å². The molecule has 2 aliphatic heterocycles. The lowest BCUT2D eigenvalue weighted by Crippen LogP contribution is -2.15. The van der Waals surface area contributed by atoms with Gasteiger partial charge in [-0.3, -0.25) is 9.98 Å². The Morgan fingerprint density at radius 3 is 3.04 bits per heavy atom. The standard InChI is InChI=1S/C21H21N5O/c1-2-18-19(22-7-1)12-25-21(18)26-16-3-4-17-15(10-16)5-8-23-20(17)24-11-14-6-9-27-13-14/h1-5,7-8,10,14H,6,9,11-13H2,(H,23,24)(H,25,26). The van der Waals surface area contributed by atoms with Gasteiger partial charge in [-0.25, -0.2) is 4.98 Å². The molecule has 136 valence electrons. The van der Waals surface area contributed by atoms with Crippen LogP contribution in [0.2, 0.25) is 0 Å². The first-order valence-electron chi connectivity index (χ1n) is 9.33. The summed E-state index contributed by atoms with van der Waals surface area (Å²) in [5.74, 6) is 2.38. The number of anilines is 2. The third-order valence-electron chi connectivity index (χ3n) is 5.14. The number of pyridine rings is 2. The van der Waals surface area contributed by atoms with E-state index in [-0.39, 0.29) is 0 Å². The molecule has 5 rings (SSSR count). The second-order valence-electron chi connectivity index (χ2n) is 6.99. The van der Waals surface area contributed by atoms with E-state index in [0.29, 0.717) is 12.5 Å². The number of fused-ring (bicyclic) bond motifs is 2. The number of hydrogen-bond donors (Lipinski definition) is 2. The number of nitrogens with zero attached hydrogens (tertiary/aromatic N) is 3. The molecule has 1 atom stereocenters. The molecule has 6 nitrogen and oxygen atoms in total. The Balaban J connectivity index is 1.36. The summed E-state index contributed by atoms with van der Waals surface area (Å²) in [5.41, 5.74) is 3.11. The fourth-order valence-corrected chi connectivity index (χ4v) is 3.64. The number of nitrogens with one attached hydrogen (secondary N) is 2. The van der Waals surface area contributed by atoms with Gasteiger partial charge in [0.25, 0.3) is 0 Å². The normalized spacial score (nSPS) is 18.4. The smallest absolute Gasteiger partial charge is 0.135 e. The van der Waals surface area contributed by atoms with E-state index < -0.39 is 0 Å².